The number of nitrogens with one attached hydrogen (secondary N) is 1. The van der Waals surface area contributed by atoms with E-state index in [2.05, 4.69) is 4.74 Å². The van der Waals surface area contributed by atoms with Crippen molar-refractivity contribution in [1.82, 2.24) is 0 Å². The Morgan fingerprint density at radius 2 is 2.00 bits per heavy atom. The number of hydrogen-bond acceptors (Lipinski definition) is 4. The van der Waals surface area contributed by atoms with Crippen molar-refractivity contribution in [3.05, 3.63) is 24.0 Å². The topological polar surface area (TPSA) is 92.7 Å². The van der Waals surface area contributed by atoms with E-state index in [1.807, 2.05) is 4.72 Å². The first-order valence-electron chi connectivity index (χ1n) is 5.12. The fraction of sp³-hybridized carbons (Fsp3) is 0.300. The Bertz CT molecular complexity index is 605. The monoisotopic (exact) mass is 313 g/mol. The number of carboxylic acids is 1. The van der Waals surface area contributed by atoms with E-state index in [9.17, 15) is 26.4 Å². The molecule has 0 amide bonds. The maximum atomic E-state index is 13.3. The van der Waals surface area contributed by atoms with Gasteiger partial charge in [0.2, 0.25) is 10.0 Å². The van der Waals surface area contributed by atoms with Crippen LogP contribution in [0.5, 0.6) is 5.75 Å². The molecule has 1 unspecified atom stereocenters. The minimum Gasteiger partial charge on any atom is -0.480 e. The number of carboxylic acid groups (broad SMARTS) is 1. The molecule has 10 heteroatoms. The van der Waals surface area contributed by atoms with Crippen LogP contribution in [0.25, 0.3) is 0 Å². The van der Waals surface area contributed by atoms with Gasteiger partial charge in [0, 0.05) is 6.07 Å². The average Bonchev–Trinajstić information content (AvgIpc) is 2.30. The van der Waals surface area contributed by atoms with E-state index in [0.29, 0.717) is 6.07 Å². The number of sulfonamides is 1. The van der Waals surface area contributed by atoms with Crippen LogP contribution in [0, 0.1) is 5.82 Å². The Labute approximate surface area is 112 Å². The Balaban J connectivity index is 2.95. The van der Waals surface area contributed by atoms with Crippen LogP contribution in [0.1, 0.15) is 6.92 Å². The zero-order valence-corrected chi connectivity index (χ0v) is 10.8. The SMILES string of the molecule is CC(C(=O)O)S(=O)(=O)Nc1ccc(OC(F)F)c(F)c1. The van der Waals surface area contributed by atoms with Gasteiger partial charge in [0.05, 0.1) is 5.69 Å². The minimum absolute atomic E-state index is 0.308. The third kappa shape index (κ3) is 4.02. The van der Waals surface area contributed by atoms with Crippen molar-refractivity contribution in [2.24, 2.45) is 0 Å². The smallest absolute Gasteiger partial charge is 0.387 e. The van der Waals surface area contributed by atoms with Gasteiger partial charge in [0.15, 0.2) is 16.8 Å². The van der Waals surface area contributed by atoms with E-state index >= 15 is 0 Å². The summed E-state index contributed by atoms with van der Waals surface area (Å²) >= 11 is 0. The van der Waals surface area contributed by atoms with E-state index < -0.39 is 39.4 Å². The molecular weight excluding hydrogens is 303 g/mol. The molecule has 0 saturated heterocycles. The lowest BCUT2D eigenvalue weighted by Crippen LogP contribution is -2.32. The molecule has 1 atom stereocenters. The lowest BCUT2D eigenvalue weighted by atomic mass is 10.3. The molecule has 0 bridgehead atoms. The maximum absolute atomic E-state index is 13.3. The molecule has 1 aromatic rings. The van der Waals surface area contributed by atoms with Crippen molar-refractivity contribution in [2.45, 2.75) is 18.8 Å². The normalized spacial score (nSPS) is 13.1. The van der Waals surface area contributed by atoms with Crippen LogP contribution in [0.4, 0.5) is 18.9 Å². The zero-order chi connectivity index (χ0) is 15.5. The van der Waals surface area contributed by atoms with Crippen molar-refractivity contribution >= 4 is 21.7 Å². The van der Waals surface area contributed by atoms with Crippen LogP contribution >= 0.6 is 0 Å². The number of halogens is 3. The van der Waals surface area contributed by atoms with Gasteiger partial charge >= 0.3 is 12.6 Å². The molecule has 0 radical (unpaired) electrons. The Morgan fingerprint density at radius 3 is 2.45 bits per heavy atom. The molecule has 0 aliphatic rings. The molecule has 0 spiro atoms. The summed E-state index contributed by atoms with van der Waals surface area (Å²) in [6.45, 7) is -2.30. The van der Waals surface area contributed by atoms with Gasteiger partial charge in [-0.05, 0) is 19.1 Å². The summed E-state index contributed by atoms with van der Waals surface area (Å²) in [5, 5.41) is 6.84. The van der Waals surface area contributed by atoms with E-state index in [0.717, 1.165) is 19.1 Å². The Hall–Kier alpha value is -1.97. The summed E-state index contributed by atoms with van der Waals surface area (Å²) in [6, 6.07) is 2.36. The summed E-state index contributed by atoms with van der Waals surface area (Å²) in [5.41, 5.74) is -0.308. The van der Waals surface area contributed by atoms with Crippen LogP contribution in [0.2, 0.25) is 0 Å². The van der Waals surface area contributed by atoms with Crippen molar-refractivity contribution in [3.8, 4) is 5.75 Å². The lowest BCUT2D eigenvalue weighted by molar-refractivity contribution is -0.136. The number of alkyl halides is 2. The first-order chi connectivity index (χ1) is 9.13. The highest BCUT2D eigenvalue weighted by Gasteiger charge is 2.27. The highest BCUT2D eigenvalue weighted by Crippen LogP contribution is 2.23. The molecule has 112 valence electrons. The molecule has 1 rings (SSSR count). The van der Waals surface area contributed by atoms with Gasteiger partial charge in [0.25, 0.3) is 0 Å². The van der Waals surface area contributed by atoms with Crippen molar-refractivity contribution in [2.75, 3.05) is 4.72 Å². The molecule has 0 saturated carbocycles. The van der Waals surface area contributed by atoms with Crippen molar-refractivity contribution < 1.29 is 36.2 Å². The molecular formula is C10H10F3NO5S. The molecule has 0 aliphatic heterocycles. The van der Waals surface area contributed by atoms with Crippen LogP contribution in [0.15, 0.2) is 18.2 Å². The summed E-state index contributed by atoms with van der Waals surface area (Å²) in [4.78, 5) is 10.6. The Kier molecular flexibility index (Phi) is 4.82. The van der Waals surface area contributed by atoms with Gasteiger partial charge in [-0.3, -0.25) is 9.52 Å². The highest BCUT2D eigenvalue weighted by molar-refractivity contribution is 7.94. The fourth-order valence-corrected chi connectivity index (χ4v) is 2.04. The number of carbonyl (C=O) groups is 1. The van der Waals surface area contributed by atoms with Crippen LogP contribution < -0.4 is 9.46 Å². The van der Waals surface area contributed by atoms with Gasteiger partial charge in [-0.2, -0.15) is 8.78 Å². The van der Waals surface area contributed by atoms with E-state index in [1.54, 1.807) is 0 Å². The summed E-state index contributed by atoms with van der Waals surface area (Å²) in [6.07, 6.45) is 0. The lowest BCUT2D eigenvalue weighted by Gasteiger charge is -2.12. The van der Waals surface area contributed by atoms with Crippen molar-refractivity contribution in [3.63, 3.8) is 0 Å². The molecule has 6 nitrogen and oxygen atoms in total. The minimum atomic E-state index is -4.27. The number of anilines is 1. The summed E-state index contributed by atoms with van der Waals surface area (Å²) < 4.78 is 65.9. The number of benzene rings is 1. The first-order valence-corrected chi connectivity index (χ1v) is 6.67. The number of aliphatic carboxylic acids is 1. The second kappa shape index (κ2) is 5.99. The third-order valence-electron chi connectivity index (χ3n) is 2.22. The molecule has 0 aliphatic carbocycles. The third-order valence-corrected chi connectivity index (χ3v) is 3.87. The number of hydrogen-bond donors (Lipinski definition) is 2. The number of rotatable bonds is 6. The van der Waals surface area contributed by atoms with Crippen LogP contribution in [-0.2, 0) is 14.8 Å². The number of ether oxygens (including phenoxy) is 1. The fourth-order valence-electron chi connectivity index (χ4n) is 1.14. The quantitative estimate of drug-likeness (QED) is 0.833. The molecule has 20 heavy (non-hydrogen) atoms. The van der Waals surface area contributed by atoms with Crippen LogP contribution in [-0.4, -0.2) is 31.4 Å². The van der Waals surface area contributed by atoms with E-state index in [4.69, 9.17) is 5.11 Å². The largest absolute Gasteiger partial charge is 0.480 e. The summed E-state index contributed by atoms with van der Waals surface area (Å²) in [5.74, 6) is -3.56. The molecule has 0 fully saturated rings. The first kappa shape index (κ1) is 16.1. The van der Waals surface area contributed by atoms with E-state index in [-0.39, 0.29) is 5.69 Å². The second-order valence-electron chi connectivity index (χ2n) is 3.65. The average molecular weight is 313 g/mol. The standard InChI is InChI=1S/C10H10F3NO5S/c1-5(9(15)16)20(17,18)14-6-2-3-8(7(11)4-6)19-10(12)13/h2-5,10,14H,1H3,(H,15,16). The van der Waals surface area contributed by atoms with Crippen molar-refractivity contribution in [1.29, 1.82) is 0 Å². The predicted molar refractivity (Wildman–Crippen MR) is 62.7 cm³/mol. The van der Waals surface area contributed by atoms with E-state index in [1.165, 1.54) is 0 Å². The molecule has 0 heterocycles. The summed E-state index contributed by atoms with van der Waals surface area (Å²) in [7, 11) is -4.27. The second-order valence-corrected chi connectivity index (χ2v) is 5.65. The maximum Gasteiger partial charge on any atom is 0.387 e. The Morgan fingerprint density at radius 1 is 1.40 bits per heavy atom. The highest BCUT2D eigenvalue weighted by atomic mass is 32.2. The zero-order valence-electron chi connectivity index (χ0n) is 10.0. The predicted octanol–water partition coefficient (Wildman–Crippen LogP) is 1.64. The molecule has 2 N–H and O–H groups in total. The molecule has 0 aromatic heterocycles. The van der Waals surface area contributed by atoms with Gasteiger partial charge in [-0.25, -0.2) is 12.8 Å². The van der Waals surface area contributed by atoms with Gasteiger partial charge in [-0.1, -0.05) is 0 Å². The van der Waals surface area contributed by atoms with Gasteiger partial charge in [-0.15, -0.1) is 0 Å². The van der Waals surface area contributed by atoms with Gasteiger partial charge in [0.1, 0.15) is 0 Å². The van der Waals surface area contributed by atoms with Crippen LogP contribution in [0.3, 0.4) is 0 Å². The molecule has 1 aromatic carbocycles. The van der Waals surface area contributed by atoms with Gasteiger partial charge < -0.3 is 9.84 Å².